The maximum Gasteiger partial charge on any atom is 0.317 e. The third kappa shape index (κ3) is 3.61. The van der Waals surface area contributed by atoms with Gasteiger partial charge >= 0.3 is 6.03 Å². The fourth-order valence-electron chi connectivity index (χ4n) is 1.11. The topological polar surface area (TPSA) is 61.8 Å². The summed E-state index contributed by atoms with van der Waals surface area (Å²) in [6.45, 7) is 4.40. The number of carbonyl (C=O) groups excluding carboxylic acids is 1. The molecule has 2 amide bonds. The third-order valence-electron chi connectivity index (χ3n) is 1.85. The first kappa shape index (κ1) is 10.3. The minimum absolute atomic E-state index is 0.121. The summed E-state index contributed by atoms with van der Waals surface area (Å²) < 4.78 is 5.10. The van der Waals surface area contributed by atoms with Crippen LogP contribution in [0.15, 0.2) is 0 Å². The minimum atomic E-state index is -0.495. The largest absolute Gasteiger partial charge is 0.392 e. The van der Waals surface area contributed by atoms with Crippen LogP contribution in [0.3, 0.4) is 0 Å². The van der Waals surface area contributed by atoms with E-state index in [1.165, 1.54) is 0 Å². The summed E-state index contributed by atoms with van der Waals surface area (Å²) in [4.78, 5) is 13.0. The Bertz CT molecular complexity index is 167. The number of hydrogen-bond donors (Lipinski definition) is 2. The summed E-state index contributed by atoms with van der Waals surface area (Å²) in [5, 5.41) is 11.6. The molecule has 0 aromatic rings. The molecule has 5 heteroatoms. The normalized spacial score (nSPS) is 19.7. The summed E-state index contributed by atoms with van der Waals surface area (Å²) in [6, 6.07) is -0.121. The Morgan fingerprint density at radius 2 is 2.23 bits per heavy atom. The van der Waals surface area contributed by atoms with Crippen LogP contribution < -0.4 is 5.32 Å². The summed E-state index contributed by atoms with van der Waals surface area (Å²) in [7, 11) is 0. The monoisotopic (exact) mass is 188 g/mol. The van der Waals surface area contributed by atoms with Gasteiger partial charge in [0.05, 0.1) is 19.3 Å². The number of aliphatic hydroxyl groups is 1. The lowest BCUT2D eigenvalue weighted by atomic mass is 10.4. The molecular formula is C8H16N2O3. The van der Waals surface area contributed by atoms with Gasteiger partial charge in [0.15, 0.2) is 0 Å². The first-order valence-electron chi connectivity index (χ1n) is 4.48. The minimum Gasteiger partial charge on any atom is -0.392 e. The van der Waals surface area contributed by atoms with E-state index in [9.17, 15) is 4.79 Å². The quantitative estimate of drug-likeness (QED) is 0.609. The Balaban J connectivity index is 2.21. The molecule has 0 aromatic carbocycles. The van der Waals surface area contributed by atoms with E-state index < -0.39 is 6.10 Å². The Kier molecular flexibility index (Phi) is 3.98. The van der Waals surface area contributed by atoms with Crippen molar-refractivity contribution in [3.8, 4) is 0 Å². The van der Waals surface area contributed by atoms with Crippen LogP contribution in [0.1, 0.15) is 6.92 Å². The molecule has 1 aliphatic heterocycles. The lowest BCUT2D eigenvalue weighted by molar-refractivity contribution is 0.0523. The standard InChI is InChI=1S/C8H16N2O3/c1-7(11)6-9-8(12)10-2-4-13-5-3-10/h7,11H,2-6H2,1H3,(H,9,12)/t7-/m1/s1. The molecule has 13 heavy (non-hydrogen) atoms. The van der Waals surface area contributed by atoms with Crippen LogP contribution in [0.2, 0.25) is 0 Å². The summed E-state index contributed by atoms with van der Waals surface area (Å²) in [5.74, 6) is 0. The zero-order valence-corrected chi connectivity index (χ0v) is 7.82. The number of hydrogen-bond acceptors (Lipinski definition) is 3. The fraction of sp³-hybridized carbons (Fsp3) is 0.875. The smallest absolute Gasteiger partial charge is 0.317 e. The Morgan fingerprint density at radius 3 is 2.77 bits per heavy atom. The van der Waals surface area contributed by atoms with Gasteiger partial charge in [0, 0.05) is 19.6 Å². The van der Waals surface area contributed by atoms with Crippen molar-refractivity contribution >= 4 is 6.03 Å². The molecule has 0 bridgehead atoms. The zero-order chi connectivity index (χ0) is 9.68. The number of urea groups is 1. The van der Waals surface area contributed by atoms with E-state index in [1.807, 2.05) is 0 Å². The van der Waals surface area contributed by atoms with Gasteiger partial charge in [-0.3, -0.25) is 0 Å². The highest BCUT2D eigenvalue weighted by molar-refractivity contribution is 5.74. The SMILES string of the molecule is C[C@@H](O)CNC(=O)N1CCOCC1. The van der Waals surface area contributed by atoms with E-state index in [2.05, 4.69) is 5.32 Å². The van der Waals surface area contributed by atoms with Gasteiger partial charge in [0.2, 0.25) is 0 Å². The van der Waals surface area contributed by atoms with Gasteiger partial charge in [-0.15, -0.1) is 0 Å². The number of nitrogens with zero attached hydrogens (tertiary/aromatic N) is 1. The molecular weight excluding hydrogens is 172 g/mol. The average molecular weight is 188 g/mol. The lowest BCUT2D eigenvalue weighted by Crippen LogP contribution is -2.47. The molecule has 76 valence electrons. The number of morpholine rings is 1. The van der Waals surface area contributed by atoms with Crippen LogP contribution in [-0.2, 0) is 4.74 Å². The van der Waals surface area contributed by atoms with Gasteiger partial charge in [-0.05, 0) is 6.92 Å². The van der Waals surface area contributed by atoms with Crippen LogP contribution in [-0.4, -0.2) is 55.0 Å². The highest BCUT2D eigenvalue weighted by atomic mass is 16.5. The van der Waals surface area contributed by atoms with Crippen LogP contribution in [0.5, 0.6) is 0 Å². The molecule has 1 heterocycles. The Labute approximate surface area is 77.7 Å². The van der Waals surface area contributed by atoms with E-state index in [-0.39, 0.29) is 6.03 Å². The fourth-order valence-corrected chi connectivity index (χ4v) is 1.11. The van der Waals surface area contributed by atoms with Crippen LogP contribution >= 0.6 is 0 Å². The van der Waals surface area contributed by atoms with Crippen molar-refractivity contribution in [3.63, 3.8) is 0 Å². The van der Waals surface area contributed by atoms with Crippen molar-refractivity contribution in [2.24, 2.45) is 0 Å². The molecule has 1 rings (SSSR count). The van der Waals surface area contributed by atoms with Gasteiger partial charge in [0.1, 0.15) is 0 Å². The molecule has 1 atom stereocenters. The molecule has 1 fully saturated rings. The van der Waals surface area contributed by atoms with Crippen LogP contribution in [0.4, 0.5) is 4.79 Å². The second-order valence-corrected chi connectivity index (χ2v) is 3.13. The molecule has 0 saturated carbocycles. The maximum atomic E-state index is 11.4. The Morgan fingerprint density at radius 1 is 1.62 bits per heavy atom. The number of aliphatic hydroxyl groups excluding tert-OH is 1. The van der Waals surface area contributed by atoms with E-state index in [0.29, 0.717) is 32.8 Å². The molecule has 2 N–H and O–H groups in total. The number of carbonyl (C=O) groups is 1. The molecule has 0 spiro atoms. The van der Waals surface area contributed by atoms with Crippen molar-refractivity contribution in [3.05, 3.63) is 0 Å². The predicted octanol–water partition coefficient (Wildman–Crippen LogP) is -0.591. The highest BCUT2D eigenvalue weighted by Crippen LogP contribution is 1.96. The van der Waals surface area contributed by atoms with E-state index in [0.717, 1.165) is 0 Å². The number of ether oxygens (including phenoxy) is 1. The van der Waals surface area contributed by atoms with Crippen molar-refractivity contribution in [2.45, 2.75) is 13.0 Å². The second-order valence-electron chi connectivity index (χ2n) is 3.13. The van der Waals surface area contributed by atoms with E-state index in [1.54, 1.807) is 11.8 Å². The van der Waals surface area contributed by atoms with Crippen molar-refractivity contribution in [1.29, 1.82) is 0 Å². The van der Waals surface area contributed by atoms with Gasteiger partial charge in [-0.2, -0.15) is 0 Å². The molecule has 1 aliphatic rings. The molecule has 1 saturated heterocycles. The number of amides is 2. The summed E-state index contributed by atoms with van der Waals surface area (Å²) in [6.07, 6.45) is -0.495. The predicted molar refractivity (Wildman–Crippen MR) is 47.5 cm³/mol. The number of rotatable bonds is 2. The molecule has 0 aliphatic carbocycles. The summed E-state index contributed by atoms with van der Waals surface area (Å²) in [5.41, 5.74) is 0. The van der Waals surface area contributed by atoms with E-state index in [4.69, 9.17) is 9.84 Å². The first-order chi connectivity index (χ1) is 6.20. The first-order valence-corrected chi connectivity index (χ1v) is 4.48. The third-order valence-corrected chi connectivity index (χ3v) is 1.85. The van der Waals surface area contributed by atoms with Crippen LogP contribution in [0.25, 0.3) is 0 Å². The van der Waals surface area contributed by atoms with Crippen molar-refractivity contribution < 1.29 is 14.6 Å². The average Bonchev–Trinajstić information content (AvgIpc) is 2.15. The van der Waals surface area contributed by atoms with Gasteiger partial charge < -0.3 is 20.1 Å². The lowest BCUT2D eigenvalue weighted by Gasteiger charge is -2.27. The van der Waals surface area contributed by atoms with Crippen molar-refractivity contribution in [2.75, 3.05) is 32.8 Å². The Hall–Kier alpha value is -0.810. The van der Waals surface area contributed by atoms with Crippen LogP contribution in [0, 0.1) is 0 Å². The maximum absolute atomic E-state index is 11.4. The summed E-state index contributed by atoms with van der Waals surface area (Å²) >= 11 is 0. The number of nitrogens with one attached hydrogen (secondary N) is 1. The van der Waals surface area contributed by atoms with E-state index >= 15 is 0 Å². The second kappa shape index (κ2) is 5.04. The van der Waals surface area contributed by atoms with Crippen molar-refractivity contribution in [1.82, 2.24) is 10.2 Å². The highest BCUT2D eigenvalue weighted by Gasteiger charge is 2.16. The molecule has 5 nitrogen and oxygen atoms in total. The van der Waals surface area contributed by atoms with Gasteiger partial charge in [-0.25, -0.2) is 4.79 Å². The molecule has 0 unspecified atom stereocenters. The molecule has 0 aromatic heterocycles. The van der Waals surface area contributed by atoms with Gasteiger partial charge in [0.25, 0.3) is 0 Å². The van der Waals surface area contributed by atoms with Gasteiger partial charge in [-0.1, -0.05) is 0 Å². The molecule has 0 radical (unpaired) electrons. The zero-order valence-electron chi connectivity index (χ0n) is 7.82.